The third-order valence-corrected chi connectivity index (χ3v) is 3.14. The zero-order chi connectivity index (χ0) is 13.0. The lowest BCUT2D eigenvalue weighted by molar-refractivity contribution is -0.141. The summed E-state index contributed by atoms with van der Waals surface area (Å²) >= 11 is 0. The largest absolute Gasteiger partial charge is 0.481 e. The summed E-state index contributed by atoms with van der Waals surface area (Å²) in [6, 6.07) is 9.71. The average Bonchev–Trinajstić information content (AvgIpc) is 2.83. The van der Waals surface area contributed by atoms with Crippen LogP contribution in [0.2, 0.25) is 0 Å². The van der Waals surface area contributed by atoms with Crippen molar-refractivity contribution in [3.05, 3.63) is 59.5 Å². The SMILES string of the molecule is Cc1ccccc1CC(Cc1ccoc1)C(=O)O. The number of rotatable bonds is 5. The molecule has 1 atom stereocenters. The Kier molecular flexibility index (Phi) is 3.82. The smallest absolute Gasteiger partial charge is 0.307 e. The molecule has 1 unspecified atom stereocenters. The van der Waals surface area contributed by atoms with E-state index in [1.807, 2.05) is 37.3 Å². The minimum absolute atomic E-state index is 0.413. The van der Waals surface area contributed by atoms with Crippen LogP contribution in [0.5, 0.6) is 0 Å². The molecule has 3 nitrogen and oxygen atoms in total. The van der Waals surface area contributed by atoms with Gasteiger partial charge in [0, 0.05) is 0 Å². The molecule has 18 heavy (non-hydrogen) atoms. The first-order chi connectivity index (χ1) is 8.66. The average molecular weight is 244 g/mol. The molecular formula is C15H16O3. The normalized spacial score (nSPS) is 12.3. The van der Waals surface area contributed by atoms with Crippen LogP contribution >= 0.6 is 0 Å². The van der Waals surface area contributed by atoms with E-state index in [2.05, 4.69) is 0 Å². The molecule has 3 heteroatoms. The van der Waals surface area contributed by atoms with Crippen LogP contribution < -0.4 is 0 Å². The van der Waals surface area contributed by atoms with Crippen molar-refractivity contribution in [3.8, 4) is 0 Å². The van der Waals surface area contributed by atoms with Gasteiger partial charge in [-0.1, -0.05) is 24.3 Å². The molecule has 0 aliphatic rings. The lowest BCUT2D eigenvalue weighted by atomic mass is 9.92. The summed E-state index contributed by atoms with van der Waals surface area (Å²) in [5, 5.41) is 9.29. The lowest BCUT2D eigenvalue weighted by Gasteiger charge is -2.13. The molecule has 0 saturated carbocycles. The van der Waals surface area contributed by atoms with Crippen LogP contribution in [0, 0.1) is 12.8 Å². The lowest BCUT2D eigenvalue weighted by Crippen LogP contribution is -2.19. The first-order valence-electron chi connectivity index (χ1n) is 5.95. The van der Waals surface area contributed by atoms with Crippen molar-refractivity contribution in [2.75, 3.05) is 0 Å². The van der Waals surface area contributed by atoms with Gasteiger partial charge in [-0.15, -0.1) is 0 Å². The van der Waals surface area contributed by atoms with Crippen molar-refractivity contribution in [2.24, 2.45) is 5.92 Å². The zero-order valence-electron chi connectivity index (χ0n) is 10.3. The van der Waals surface area contributed by atoms with Gasteiger partial charge in [-0.25, -0.2) is 0 Å². The van der Waals surface area contributed by atoms with Gasteiger partial charge in [0.05, 0.1) is 18.4 Å². The summed E-state index contributed by atoms with van der Waals surface area (Å²) in [6.45, 7) is 2.01. The Morgan fingerprint density at radius 1 is 1.28 bits per heavy atom. The Labute approximate surface area is 106 Å². The Bertz CT molecular complexity index is 514. The van der Waals surface area contributed by atoms with Gasteiger partial charge in [0.15, 0.2) is 0 Å². The molecule has 1 aromatic heterocycles. The number of benzene rings is 1. The molecule has 0 saturated heterocycles. The van der Waals surface area contributed by atoms with Crippen LogP contribution in [0.3, 0.4) is 0 Å². The number of hydrogen-bond donors (Lipinski definition) is 1. The summed E-state index contributed by atoms with van der Waals surface area (Å²) in [6.07, 6.45) is 4.23. The van der Waals surface area contributed by atoms with E-state index >= 15 is 0 Å². The number of aliphatic carboxylic acids is 1. The third-order valence-electron chi connectivity index (χ3n) is 3.14. The van der Waals surface area contributed by atoms with E-state index in [0.717, 1.165) is 16.7 Å². The molecule has 0 aliphatic heterocycles. The van der Waals surface area contributed by atoms with Gasteiger partial charge in [0.25, 0.3) is 0 Å². The summed E-state index contributed by atoms with van der Waals surface area (Å²) in [7, 11) is 0. The zero-order valence-corrected chi connectivity index (χ0v) is 10.3. The van der Waals surface area contributed by atoms with Gasteiger partial charge >= 0.3 is 5.97 Å². The van der Waals surface area contributed by atoms with Crippen LogP contribution in [0.1, 0.15) is 16.7 Å². The predicted octanol–water partition coefficient (Wildman–Crippen LogP) is 3.07. The maximum atomic E-state index is 11.3. The van der Waals surface area contributed by atoms with E-state index in [1.165, 1.54) is 0 Å². The summed E-state index contributed by atoms with van der Waals surface area (Å²) in [5.74, 6) is -1.18. The number of carboxylic acid groups (broad SMARTS) is 1. The van der Waals surface area contributed by atoms with Crippen molar-refractivity contribution < 1.29 is 14.3 Å². The van der Waals surface area contributed by atoms with E-state index in [1.54, 1.807) is 12.5 Å². The number of hydrogen-bond acceptors (Lipinski definition) is 2. The predicted molar refractivity (Wildman–Crippen MR) is 68.4 cm³/mol. The van der Waals surface area contributed by atoms with E-state index in [0.29, 0.717) is 12.8 Å². The highest BCUT2D eigenvalue weighted by Crippen LogP contribution is 2.18. The molecule has 0 aliphatic carbocycles. The van der Waals surface area contributed by atoms with Gasteiger partial charge in [0.1, 0.15) is 0 Å². The van der Waals surface area contributed by atoms with Crippen LogP contribution in [-0.4, -0.2) is 11.1 Å². The third kappa shape index (κ3) is 3.00. The fourth-order valence-corrected chi connectivity index (χ4v) is 2.04. The molecule has 0 amide bonds. The van der Waals surface area contributed by atoms with E-state index < -0.39 is 11.9 Å². The van der Waals surface area contributed by atoms with Crippen molar-refractivity contribution >= 4 is 5.97 Å². The Hall–Kier alpha value is -2.03. The fourth-order valence-electron chi connectivity index (χ4n) is 2.04. The highest BCUT2D eigenvalue weighted by atomic mass is 16.4. The van der Waals surface area contributed by atoms with E-state index in [4.69, 9.17) is 4.42 Å². The summed E-state index contributed by atoms with van der Waals surface area (Å²) < 4.78 is 4.98. The monoisotopic (exact) mass is 244 g/mol. The topological polar surface area (TPSA) is 50.4 Å². The van der Waals surface area contributed by atoms with Crippen molar-refractivity contribution in [2.45, 2.75) is 19.8 Å². The van der Waals surface area contributed by atoms with E-state index in [-0.39, 0.29) is 0 Å². The molecule has 94 valence electrons. The molecule has 1 N–H and O–H groups in total. The Morgan fingerprint density at radius 2 is 2.06 bits per heavy atom. The first kappa shape index (κ1) is 12.4. The van der Waals surface area contributed by atoms with Crippen molar-refractivity contribution in [3.63, 3.8) is 0 Å². The molecule has 0 fully saturated rings. The fraction of sp³-hybridized carbons (Fsp3) is 0.267. The molecule has 2 aromatic rings. The molecule has 1 aromatic carbocycles. The number of carbonyl (C=O) groups is 1. The number of carboxylic acids is 1. The highest BCUT2D eigenvalue weighted by Gasteiger charge is 2.19. The number of furan rings is 1. The Balaban J connectivity index is 2.12. The van der Waals surface area contributed by atoms with Gasteiger partial charge in [0.2, 0.25) is 0 Å². The molecule has 0 bridgehead atoms. The molecule has 2 rings (SSSR count). The standard InChI is InChI=1S/C15H16O3/c1-11-4-2-3-5-13(11)9-14(15(16)17)8-12-6-7-18-10-12/h2-7,10,14H,8-9H2,1H3,(H,16,17). The minimum atomic E-state index is -0.764. The molecular weight excluding hydrogens is 228 g/mol. The second-order valence-corrected chi connectivity index (χ2v) is 4.50. The minimum Gasteiger partial charge on any atom is -0.481 e. The maximum Gasteiger partial charge on any atom is 0.307 e. The van der Waals surface area contributed by atoms with E-state index in [9.17, 15) is 9.90 Å². The Morgan fingerprint density at radius 3 is 2.67 bits per heavy atom. The van der Waals surface area contributed by atoms with Gasteiger partial charge in [-0.3, -0.25) is 4.79 Å². The second-order valence-electron chi connectivity index (χ2n) is 4.50. The van der Waals surface area contributed by atoms with Crippen LogP contribution in [0.25, 0.3) is 0 Å². The molecule has 0 radical (unpaired) electrons. The van der Waals surface area contributed by atoms with Gasteiger partial charge in [-0.2, -0.15) is 0 Å². The summed E-state index contributed by atoms with van der Waals surface area (Å²) in [4.78, 5) is 11.3. The first-order valence-corrected chi connectivity index (χ1v) is 5.95. The molecule has 1 heterocycles. The van der Waals surface area contributed by atoms with Crippen molar-refractivity contribution in [1.82, 2.24) is 0 Å². The maximum absolute atomic E-state index is 11.3. The summed E-state index contributed by atoms with van der Waals surface area (Å²) in [5.41, 5.74) is 3.15. The number of aryl methyl sites for hydroxylation is 1. The molecule has 0 spiro atoms. The van der Waals surface area contributed by atoms with Crippen LogP contribution in [-0.2, 0) is 17.6 Å². The van der Waals surface area contributed by atoms with Crippen molar-refractivity contribution in [1.29, 1.82) is 0 Å². The van der Waals surface area contributed by atoms with Gasteiger partial charge in [-0.05, 0) is 42.5 Å². The second kappa shape index (κ2) is 5.54. The van der Waals surface area contributed by atoms with Gasteiger partial charge < -0.3 is 9.52 Å². The van der Waals surface area contributed by atoms with Crippen LogP contribution in [0.4, 0.5) is 0 Å². The quantitative estimate of drug-likeness (QED) is 0.879. The highest BCUT2D eigenvalue weighted by molar-refractivity contribution is 5.71. The van der Waals surface area contributed by atoms with Crippen LogP contribution in [0.15, 0.2) is 47.3 Å².